The molecule has 142 valence electrons. The van der Waals surface area contributed by atoms with Gasteiger partial charge in [-0.2, -0.15) is 0 Å². The van der Waals surface area contributed by atoms with Gasteiger partial charge in [-0.15, -0.1) is 15.3 Å². The fourth-order valence-corrected chi connectivity index (χ4v) is 3.68. The lowest BCUT2D eigenvalue weighted by Gasteiger charge is -2.10. The fraction of sp³-hybridized carbons (Fsp3) is 0.211. The number of benzene rings is 2. The Balaban J connectivity index is 1.69. The molecule has 0 saturated heterocycles. The number of aryl methyl sites for hydroxylation is 1. The van der Waals surface area contributed by atoms with Gasteiger partial charge >= 0.3 is 0 Å². The quantitative estimate of drug-likeness (QED) is 0.444. The predicted octanol–water partition coefficient (Wildman–Crippen LogP) is 3.76. The van der Waals surface area contributed by atoms with E-state index >= 15 is 0 Å². The molecule has 0 spiro atoms. The van der Waals surface area contributed by atoms with Crippen molar-refractivity contribution in [3.63, 3.8) is 0 Å². The molecule has 0 atom stereocenters. The summed E-state index contributed by atoms with van der Waals surface area (Å²) in [5.41, 5.74) is 1.72. The van der Waals surface area contributed by atoms with Crippen molar-refractivity contribution in [2.24, 2.45) is 0 Å². The van der Waals surface area contributed by atoms with Gasteiger partial charge in [0.2, 0.25) is 0 Å². The van der Waals surface area contributed by atoms with Crippen molar-refractivity contribution in [1.82, 2.24) is 35.0 Å². The third-order valence-electron chi connectivity index (χ3n) is 4.12. The van der Waals surface area contributed by atoms with Gasteiger partial charge in [0.25, 0.3) is 0 Å². The zero-order chi connectivity index (χ0) is 19.3. The number of halogens is 1. The minimum atomic E-state index is -0.285. The lowest BCUT2D eigenvalue weighted by Crippen LogP contribution is -2.05. The molecular weight excluding hydrogens is 377 g/mol. The Kier molecular flexibility index (Phi) is 5.43. The average Bonchev–Trinajstić information content (AvgIpc) is 3.35. The molecule has 4 aromatic rings. The van der Waals surface area contributed by atoms with Gasteiger partial charge < -0.3 is 0 Å². The maximum Gasteiger partial charge on any atom is 0.196 e. The number of aromatic nitrogens is 7. The second-order valence-corrected chi connectivity index (χ2v) is 7.03. The number of hydrogen-bond donors (Lipinski definition) is 0. The molecule has 0 aliphatic rings. The van der Waals surface area contributed by atoms with Gasteiger partial charge in [0.15, 0.2) is 16.8 Å². The van der Waals surface area contributed by atoms with Crippen molar-refractivity contribution in [1.29, 1.82) is 0 Å². The van der Waals surface area contributed by atoms with Crippen LogP contribution >= 0.6 is 11.8 Å². The number of nitrogens with zero attached hydrogens (tertiary/aromatic N) is 7. The summed E-state index contributed by atoms with van der Waals surface area (Å²) >= 11 is 1.51. The molecule has 0 aliphatic carbocycles. The molecule has 2 heterocycles. The summed E-state index contributed by atoms with van der Waals surface area (Å²) in [5, 5.41) is 21.4. The van der Waals surface area contributed by atoms with Gasteiger partial charge in [0.1, 0.15) is 5.82 Å². The van der Waals surface area contributed by atoms with E-state index in [1.165, 1.54) is 23.9 Å². The number of rotatable bonds is 7. The molecular formula is C19H18FN7S. The van der Waals surface area contributed by atoms with Crippen molar-refractivity contribution in [2.75, 3.05) is 0 Å². The van der Waals surface area contributed by atoms with Crippen LogP contribution in [0.4, 0.5) is 4.39 Å². The molecule has 2 aromatic carbocycles. The Hall–Kier alpha value is -3.07. The Bertz CT molecular complexity index is 1040. The van der Waals surface area contributed by atoms with E-state index in [2.05, 4.69) is 32.6 Å². The molecule has 0 aliphatic heterocycles. The van der Waals surface area contributed by atoms with Gasteiger partial charge in [0.05, 0.1) is 5.75 Å². The van der Waals surface area contributed by atoms with E-state index in [1.807, 2.05) is 34.9 Å². The van der Waals surface area contributed by atoms with E-state index in [0.29, 0.717) is 11.6 Å². The first kappa shape index (κ1) is 18.3. The van der Waals surface area contributed by atoms with Gasteiger partial charge in [-0.25, -0.2) is 9.07 Å². The van der Waals surface area contributed by atoms with Crippen molar-refractivity contribution in [3.8, 4) is 17.1 Å². The third-order valence-corrected chi connectivity index (χ3v) is 5.05. The largest absolute Gasteiger partial charge is 0.270 e. The SMILES string of the molecule is CCCn1nnnc1CSc1nnc(-c2ccc(F)cc2)n1-c1ccccc1. The molecule has 4 rings (SSSR count). The van der Waals surface area contributed by atoms with Crippen LogP contribution in [0.25, 0.3) is 17.1 Å². The van der Waals surface area contributed by atoms with Crippen LogP contribution in [0.2, 0.25) is 0 Å². The highest BCUT2D eigenvalue weighted by molar-refractivity contribution is 7.98. The summed E-state index contributed by atoms with van der Waals surface area (Å²) < 4.78 is 17.1. The van der Waals surface area contributed by atoms with Crippen LogP contribution < -0.4 is 0 Å². The second-order valence-electron chi connectivity index (χ2n) is 6.09. The lowest BCUT2D eigenvalue weighted by molar-refractivity contribution is 0.564. The summed E-state index contributed by atoms with van der Waals surface area (Å²) in [5.74, 6) is 1.73. The van der Waals surface area contributed by atoms with Gasteiger partial charge in [-0.3, -0.25) is 4.57 Å². The van der Waals surface area contributed by atoms with Crippen LogP contribution in [0.1, 0.15) is 19.2 Å². The van der Waals surface area contributed by atoms with E-state index in [4.69, 9.17) is 0 Å². The van der Waals surface area contributed by atoms with Gasteiger partial charge in [0, 0.05) is 17.8 Å². The zero-order valence-corrected chi connectivity index (χ0v) is 16.1. The predicted molar refractivity (Wildman–Crippen MR) is 104 cm³/mol. The van der Waals surface area contributed by atoms with E-state index in [-0.39, 0.29) is 5.82 Å². The number of hydrogen-bond acceptors (Lipinski definition) is 6. The number of thioether (sulfide) groups is 1. The molecule has 7 nitrogen and oxygen atoms in total. The Morgan fingerprint density at radius 2 is 1.75 bits per heavy atom. The second kappa shape index (κ2) is 8.30. The summed E-state index contributed by atoms with van der Waals surface area (Å²) in [7, 11) is 0. The van der Waals surface area contributed by atoms with Crippen LogP contribution in [0, 0.1) is 5.82 Å². The summed E-state index contributed by atoms with van der Waals surface area (Å²) in [6, 6.07) is 16.1. The molecule has 0 N–H and O–H groups in total. The van der Waals surface area contributed by atoms with E-state index in [1.54, 1.807) is 16.8 Å². The molecule has 9 heteroatoms. The maximum atomic E-state index is 13.3. The van der Waals surface area contributed by atoms with Crippen molar-refractivity contribution in [2.45, 2.75) is 30.8 Å². The first-order valence-corrected chi connectivity index (χ1v) is 9.89. The van der Waals surface area contributed by atoms with Crippen molar-refractivity contribution >= 4 is 11.8 Å². The summed E-state index contributed by atoms with van der Waals surface area (Å²) in [6.45, 7) is 2.86. The highest BCUT2D eigenvalue weighted by Crippen LogP contribution is 2.29. The zero-order valence-electron chi connectivity index (χ0n) is 15.2. The maximum absolute atomic E-state index is 13.3. The lowest BCUT2D eigenvalue weighted by atomic mass is 10.2. The summed E-state index contributed by atoms with van der Waals surface area (Å²) in [4.78, 5) is 0. The highest BCUT2D eigenvalue weighted by Gasteiger charge is 2.17. The number of tetrazole rings is 1. The van der Waals surface area contributed by atoms with Crippen LogP contribution in [0.3, 0.4) is 0 Å². The minimum Gasteiger partial charge on any atom is -0.270 e. The molecule has 28 heavy (non-hydrogen) atoms. The van der Waals surface area contributed by atoms with Crippen LogP contribution in [0.15, 0.2) is 59.8 Å². The first-order valence-electron chi connectivity index (χ1n) is 8.91. The van der Waals surface area contributed by atoms with Crippen LogP contribution in [-0.2, 0) is 12.3 Å². The van der Waals surface area contributed by atoms with Crippen LogP contribution in [-0.4, -0.2) is 35.0 Å². The molecule has 0 saturated carbocycles. The normalized spacial score (nSPS) is 11.1. The average molecular weight is 395 g/mol. The van der Waals surface area contributed by atoms with E-state index < -0.39 is 0 Å². The molecule has 0 bridgehead atoms. The molecule has 0 fully saturated rings. The molecule has 0 radical (unpaired) electrons. The van der Waals surface area contributed by atoms with Crippen molar-refractivity contribution < 1.29 is 4.39 Å². The van der Waals surface area contributed by atoms with Crippen LogP contribution in [0.5, 0.6) is 0 Å². The fourth-order valence-electron chi connectivity index (χ4n) is 2.80. The highest BCUT2D eigenvalue weighted by atomic mass is 32.2. The minimum absolute atomic E-state index is 0.285. The van der Waals surface area contributed by atoms with E-state index in [0.717, 1.165) is 35.2 Å². The number of para-hydroxylation sites is 1. The summed E-state index contributed by atoms with van der Waals surface area (Å²) in [6.07, 6.45) is 0.956. The monoisotopic (exact) mass is 395 g/mol. The third kappa shape index (κ3) is 3.79. The smallest absolute Gasteiger partial charge is 0.196 e. The van der Waals surface area contributed by atoms with E-state index in [9.17, 15) is 4.39 Å². The van der Waals surface area contributed by atoms with Gasteiger partial charge in [-0.05, 0) is 53.2 Å². The Morgan fingerprint density at radius 1 is 0.964 bits per heavy atom. The Labute approximate surface area is 165 Å². The van der Waals surface area contributed by atoms with Crippen molar-refractivity contribution in [3.05, 3.63) is 66.2 Å². The molecule has 2 aromatic heterocycles. The molecule has 0 amide bonds. The Morgan fingerprint density at radius 3 is 2.50 bits per heavy atom. The molecule has 0 unspecified atom stereocenters. The topological polar surface area (TPSA) is 74.3 Å². The standard InChI is InChI=1S/C19H18FN7S/c1-2-12-26-17(21-24-25-26)13-28-19-23-22-18(14-8-10-15(20)11-9-14)27(19)16-6-4-3-5-7-16/h3-11H,2,12-13H2,1H3. The first-order chi connectivity index (χ1) is 13.8. The van der Waals surface area contributed by atoms with Gasteiger partial charge in [-0.1, -0.05) is 36.9 Å².